The van der Waals surface area contributed by atoms with Gasteiger partial charge in [-0.15, -0.1) is 0 Å². The van der Waals surface area contributed by atoms with E-state index < -0.39 is 29.9 Å². The number of nitrogens with zero attached hydrogens (tertiary/aromatic N) is 2. The van der Waals surface area contributed by atoms with Crippen LogP contribution in [0.3, 0.4) is 0 Å². The lowest BCUT2D eigenvalue weighted by Crippen LogP contribution is -2.50. The van der Waals surface area contributed by atoms with Crippen LogP contribution in [0.4, 0.5) is 0 Å². The number of benzene rings is 2. The summed E-state index contributed by atoms with van der Waals surface area (Å²) in [4.78, 5) is 65.0. The Morgan fingerprint density at radius 3 is 2.00 bits per heavy atom. The molecule has 5 rings (SSSR count). The van der Waals surface area contributed by atoms with E-state index in [0.29, 0.717) is 38.8 Å². The van der Waals surface area contributed by atoms with Gasteiger partial charge >= 0.3 is 11.9 Å². The Morgan fingerprint density at radius 1 is 0.800 bits per heavy atom. The minimum absolute atomic E-state index is 0.0752. The van der Waals surface area contributed by atoms with Crippen LogP contribution in [0.25, 0.3) is 11.1 Å². The fourth-order valence-corrected chi connectivity index (χ4v) is 6.09. The third-order valence-electron chi connectivity index (χ3n) is 8.04. The smallest absolute Gasteiger partial charge is 0.328 e. The normalized spacial score (nSPS) is 19.7. The molecule has 2 aliphatic heterocycles. The first-order chi connectivity index (χ1) is 19.3. The van der Waals surface area contributed by atoms with Gasteiger partial charge in [0.05, 0.1) is 13.0 Å². The fraction of sp³-hybridized carbons (Fsp3) is 0.433. The Balaban J connectivity index is 1.15. The number of carboxylic acid groups (broad SMARTS) is 1. The van der Waals surface area contributed by atoms with E-state index in [9.17, 15) is 24.0 Å². The van der Waals surface area contributed by atoms with Gasteiger partial charge in [-0.25, -0.2) is 4.79 Å². The lowest BCUT2D eigenvalue weighted by Gasteiger charge is -2.26. The molecule has 0 spiro atoms. The minimum Gasteiger partial charge on any atom is -0.481 e. The summed E-state index contributed by atoms with van der Waals surface area (Å²) in [6.07, 6.45) is 1.75. The highest BCUT2D eigenvalue weighted by Gasteiger charge is 2.38. The van der Waals surface area contributed by atoms with Crippen LogP contribution in [0, 0.1) is 0 Å². The van der Waals surface area contributed by atoms with Gasteiger partial charge in [0, 0.05) is 25.4 Å². The second-order valence-electron chi connectivity index (χ2n) is 10.5. The van der Waals surface area contributed by atoms with E-state index in [-0.39, 0.29) is 43.7 Å². The molecule has 2 atom stereocenters. The summed E-state index contributed by atoms with van der Waals surface area (Å²) in [5.41, 5.74) is 4.50. The Bertz CT molecular complexity index is 1280. The number of rotatable bonds is 9. The zero-order chi connectivity index (χ0) is 28.2. The molecule has 0 bridgehead atoms. The predicted octanol–water partition coefficient (Wildman–Crippen LogP) is 2.31. The van der Waals surface area contributed by atoms with Crippen LogP contribution in [0.15, 0.2) is 48.5 Å². The predicted molar refractivity (Wildman–Crippen MR) is 144 cm³/mol. The van der Waals surface area contributed by atoms with Gasteiger partial charge in [0.25, 0.3) is 0 Å². The molecule has 3 aliphatic rings. The van der Waals surface area contributed by atoms with Gasteiger partial charge in [-0.1, -0.05) is 48.5 Å². The molecule has 10 nitrogen and oxygen atoms in total. The van der Waals surface area contributed by atoms with Gasteiger partial charge in [0.15, 0.2) is 0 Å². The number of nitrogens with one attached hydrogen (secondary N) is 1. The van der Waals surface area contributed by atoms with E-state index in [0.717, 1.165) is 22.3 Å². The Kier molecular flexibility index (Phi) is 8.14. The van der Waals surface area contributed by atoms with Crippen LogP contribution < -0.4 is 5.32 Å². The molecule has 2 aromatic carbocycles. The topological polar surface area (TPSA) is 133 Å². The second-order valence-corrected chi connectivity index (χ2v) is 10.5. The summed E-state index contributed by atoms with van der Waals surface area (Å²) in [5.74, 6) is -2.83. The maximum Gasteiger partial charge on any atom is 0.328 e. The van der Waals surface area contributed by atoms with Gasteiger partial charge in [-0.3, -0.25) is 19.2 Å². The van der Waals surface area contributed by atoms with E-state index in [4.69, 9.17) is 9.84 Å². The molecule has 0 aromatic heterocycles. The number of carbonyl (C=O) groups is 5. The summed E-state index contributed by atoms with van der Waals surface area (Å²) in [6, 6.07) is 14.7. The highest BCUT2D eigenvalue weighted by atomic mass is 16.5. The maximum absolute atomic E-state index is 13.1. The standard InChI is InChI=1S/C30H33N3O7/c34-26(13-14-28(36)37)32-15-5-11-24(32)29(38)31-17-27(35)33-16-6-12-25(33)30(39)40-18-23-21-9-3-1-7-19(21)20-8-2-4-10-22(20)23/h1-4,7-10,23-25H,5-6,11-18H2,(H,31,38)(H,36,37). The summed E-state index contributed by atoms with van der Waals surface area (Å²) >= 11 is 0. The first-order valence-electron chi connectivity index (χ1n) is 13.8. The molecule has 2 fully saturated rings. The van der Waals surface area contributed by atoms with Crippen molar-refractivity contribution >= 4 is 29.7 Å². The first-order valence-corrected chi connectivity index (χ1v) is 13.8. The molecular weight excluding hydrogens is 514 g/mol. The summed E-state index contributed by atoms with van der Waals surface area (Å²) < 4.78 is 5.78. The van der Waals surface area contributed by atoms with Crippen molar-refractivity contribution in [1.29, 1.82) is 0 Å². The van der Waals surface area contributed by atoms with Crippen LogP contribution in [0.2, 0.25) is 0 Å². The number of amides is 3. The number of carboxylic acids is 1. The lowest BCUT2D eigenvalue weighted by atomic mass is 9.98. The van der Waals surface area contributed by atoms with Gasteiger partial charge in [-0.05, 0) is 47.9 Å². The highest BCUT2D eigenvalue weighted by Crippen LogP contribution is 2.44. The van der Waals surface area contributed by atoms with Crippen molar-refractivity contribution in [3.63, 3.8) is 0 Å². The largest absolute Gasteiger partial charge is 0.481 e. The third kappa shape index (κ3) is 5.57. The molecule has 2 aromatic rings. The van der Waals surface area contributed by atoms with E-state index in [1.54, 1.807) is 0 Å². The number of ether oxygens (including phenoxy) is 1. The van der Waals surface area contributed by atoms with Gasteiger partial charge in [0.1, 0.15) is 18.7 Å². The van der Waals surface area contributed by atoms with Crippen molar-refractivity contribution < 1.29 is 33.8 Å². The minimum atomic E-state index is -1.07. The van der Waals surface area contributed by atoms with Crippen LogP contribution in [0.1, 0.15) is 55.6 Å². The van der Waals surface area contributed by atoms with E-state index in [2.05, 4.69) is 17.4 Å². The molecule has 2 N–H and O–H groups in total. The molecule has 0 saturated carbocycles. The monoisotopic (exact) mass is 547 g/mol. The number of fused-ring (bicyclic) bond motifs is 3. The molecule has 1 aliphatic carbocycles. The van der Waals surface area contributed by atoms with Gasteiger partial charge < -0.3 is 25.0 Å². The molecule has 2 heterocycles. The van der Waals surface area contributed by atoms with Crippen LogP contribution >= 0.6 is 0 Å². The average Bonchev–Trinajstić information content (AvgIpc) is 3.71. The zero-order valence-corrected chi connectivity index (χ0v) is 22.2. The Hall–Kier alpha value is -4.21. The fourth-order valence-electron chi connectivity index (χ4n) is 6.09. The van der Waals surface area contributed by atoms with E-state index >= 15 is 0 Å². The van der Waals surface area contributed by atoms with Crippen molar-refractivity contribution in [2.24, 2.45) is 0 Å². The van der Waals surface area contributed by atoms with Crippen molar-refractivity contribution in [2.75, 3.05) is 26.2 Å². The number of carbonyl (C=O) groups excluding carboxylic acids is 4. The third-order valence-corrected chi connectivity index (χ3v) is 8.04. The second kappa shape index (κ2) is 11.9. The van der Waals surface area contributed by atoms with Crippen molar-refractivity contribution in [3.8, 4) is 11.1 Å². The first kappa shape index (κ1) is 27.4. The zero-order valence-electron chi connectivity index (χ0n) is 22.2. The van der Waals surface area contributed by atoms with Crippen molar-refractivity contribution in [3.05, 3.63) is 59.7 Å². The molecule has 2 unspecified atom stereocenters. The lowest BCUT2D eigenvalue weighted by molar-refractivity contribution is -0.153. The van der Waals surface area contributed by atoms with Crippen LogP contribution in [-0.2, 0) is 28.7 Å². The maximum atomic E-state index is 13.1. The van der Waals surface area contributed by atoms with Crippen LogP contribution in [0.5, 0.6) is 0 Å². The molecule has 0 radical (unpaired) electrons. The molecule has 210 valence electrons. The molecule has 2 saturated heterocycles. The van der Waals surface area contributed by atoms with Crippen LogP contribution in [-0.4, -0.2) is 82.9 Å². The summed E-state index contributed by atoms with van der Waals surface area (Å²) in [7, 11) is 0. The Labute approximate surface area is 232 Å². The summed E-state index contributed by atoms with van der Waals surface area (Å²) in [5, 5.41) is 11.4. The number of hydrogen-bond donors (Lipinski definition) is 2. The summed E-state index contributed by atoms with van der Waals surface area (Å²) in [6.45, 7) is 0.655. The quantitative estimate of drug-likeness (QED) is 0.460. The van der Waals surface area contributed by atoms with Crippen molar-refractivity contribution in [2.45, 2.75) is 56.5 Å². The number of likely N-dealkylation sites (tertiary alicyclic amines) is 2. The van der Waals surface area contributed by atoms with Crippen molar-refractivity contribution in [1.82, 2.24) is 15.1 Å². The number of aliphatic carboxylic acids is 1. The highest BCUT2D eigenvalue weighted by molar-refractivity contribution is 5.93. The SMILES string of the molecule is O=C(O)CCC(=O)N1CCCC1C(=O)NCC(=O)N1CCCC1C(=O)OCC1c2ccccc2-c2ccccc21. The molecule has 40 heavy (non-hydrogen) atoms. The van der Waals surface area contributed by atoms with E-state index in [1.807, 2.05) is 36.4 Å². The molecule has 10 heteroatoms. The molecule has 3 amide bonds. The Morgan fingerprint density at radius 2 is 1.38 bits per heavy atom. The van der Waals surface area contributed by atoms with Gasteiger partial charge in [-0.2, -0.15) is 0 Å². The average molecular weight is 548 g/mol. The van der Waals surface area contributed by atoms with E-state index in [1.165, 1.54) is 9.80 Å². The molecular formula is C30H33N3O7. The number of hydrogen-bond acceptors (Lipinski definition) is 6. The number of esters is 1. The van der Waals surface area contributed by atoms with Gasteiger partial charge in [0.2, 0.25) is 17.7 Å².